The molecular weight excluding hydrogens is 454 g/mol. The van der Waals surface area contributed by atoms with Crippen LogP contribution in [0.3, 0.4) is 0 Å². The molecule has 2 heterocycles. The molecule has 2 amide bonds. The number of carbonyl (C=O) groups is 2. The highest BCUT2D eigenvalue weighted by molar-refractivity contribution is 5.89. The van der Waals surface area contributed by atoms with Crippen molar-refractivity contribution in [2.24, 2.45) is 23.2 Å². The van der Waals surface area contributed by atoms with Gasteiger partial charge in [-0.1, -0.05) is 51.1 Å². The molecule has 192 valence electrons. The molecular formula is C29H37N3O4. The molecule has 2 fully saturated rings. The lowest BCUT2D eigenvalue weighted by molar-refractivity contribution is -0.142. The first-order valence-electron chi connectivity index (χ1n) is 13.1. The molecule has 2 bridgehead atoms. The lowest BCUT2D eigenvalue weighted by atomic mass is 9.73. The Bertz CT molecular complexity index is 1100. The van der Waals surface area contributed by atoms with E-state index in [1.807, 2.05) is 41.3 Å². The standard InChI is InChI=1S/C29H37N3O4/c1-19(2)26-22-9-11-29(26,3)25(13-22)31-28(34)30-23-14-24(27(33)36-18-21-10-12-35-17-21)32(16-23)15-20-7-5-4-6-8-20/h4-8,10,12,14,17,19,22-23,25-26H,9,11,13,15-16,18H2,1-3H3,(H2,30,31,34)/t22-,23?,25+,26?,29+/m1/s1. The predicted octanol–water partition coefficient (Wildman–Crippen LogP) is 4.85. The molecule has 1 aliphatic heterocycles. The van der Waals surface area contributed by atoms with E-state index in [-0.39, 0.29) is 30.1 Å². The van der Waals surface area contributed by atoms with Gasteiger partial charge in [-0.2, -0.15) is 0 Å². The number of hydrogen-bond donors (Lipinski definition) is 2. The molecule has 5 atom stereocenters. The van der Waals surface area contributed by atoms with Crippen molar-refractivity contribution < 1.29 is 18.7 Å². The van der Waals surface area contributed by atoms with E-state index in [0.29, 0.717) is 36.5 Å². The van der Waals surface area contributed by atoms with Crippen molar-refractivity contribution >= 4 is 12.0 Å². The van der Waals surface area contributed by atoms with Gasteiger partial charge in [0.25, 0.3) is 0 Å². The van der Waals surface area contributed by atoms with Crippen molar-refractivity contribution in [1.82, 2.24) is 15.5 Å². The Kier molecular flexibility index (Phi) is 6.82. The van der Waals surface area contributed by atoms with E-state index in [1.165, 1.54) is 12.8 Å². The molecule has 2 N–H and O–H groups in total. The molecule has 7 heteroatoms. The van der Waals surface area contributed by atoms with Crippen molar-refractivity contribution in [1.29, 1.82) is 0 Å². The van der Waals surface area contributed by atoms with Gasteiger partial charge in [0.2, 0.25) is 0 Å². The number of esters is 1. The van der Waals surface area contributed by atoms with Crippen LogP contribution in [0.5, 0.6) is 0 Å². The number of amides is 2. The smallest absolute Gasteiger partial charge is 0.354 e. The molecule has 3 aliphatic rings. The Balaban J connectivity index is 1.24. The second-order valence-electron chi connectivity index (χ2n) is 11.2. The van der Waals surface area contributed by atoms with E-state index in [0.717, 1.165) is 17.5 Å². The number of hydrogen-bond acceptors (Lipinski definition) is 5. The van der Waals surface area contributed by atoms with E-state index in [2.05, 4.69) is 31.4 Å². The van der Waals surface area contributed by atoms with Crippen molar-refractivity contribution in [3.05, 3.63) is 71.8 Å². The molecule has 2 unspecified atom stereocenters. The van der Waals surface area contributed by atoms with Crippen LogP contribution in [0.25, 0.3) is 0 Å². The Hall–Kier alpha value is -3.22. The summed E-state index contributed by atoms with van der Waals surface area (Å²) >= 11 is 0. The summed E-state index contributed by atoms with van der Waals surface area (Å²) in [6, 6.07) is 11.5. The van der Waals surface area contributed by atoms with E-state index < -0.39 is 5.97 Å². The fourth-order valence-corrected chi connectivity index (χ4v) is 7.04. The van der Waals surface area contributed by atoms with Crippen molar-refractivity contribution in [2.75, 3.05) is 6.54 Å². The minimum absolute atomic E-state index is 0.142. The number of urea groups is 1. The molecule has 1 aromatic heterocycles. The van der Waals surface area contributed by atoms with E-state index in [9.17, 15) is 9.59 Å². The SMILES string of the molecule is CC(C)C1[C@@H]2CC[C@@]1(C)[C@@H](NC(=O)NC1C=C(C(=O)OCc3ccoc3)N(Cc3ccccc3)C1)C2. The third-order valence-electron chi connectivity index (χ3n) is 8.49. The first-order chi connectivity index (χ1) is 17.3. The van der Waals surface area contributed by atoms with Crippen LogP contribution >= 0.6 is 0 Å². The van der Waals surface area contributed by atoms with Gasteiger partial charge in [0.15, 0.2) is 0 Å². The monoisotopic (exact) mass is 491 g/mol. The van der Waals surface area contributed by atoms with Crippen molar-refractivity contribution in [3.63, 3.8) is 0 Å². The first kappa shape index (κ1) is 24.5. The van der Waals surface area contributed by atoms with Gasteiger partial charge in [-0.25, -0.2) is 9.59 Å². The fourth-order valence-electron chi connectivity index (χ4n) is 7.04. The third-order valence-corrected chi connectivity index (χ3v) is 8.49. The first-order valence-corrected chi connectivity index (χ1v) is 13.1. The van der Waals surface area contributed by atoms with Crippen LogP contribution in [-0.4, -0.2) is 35.5 Å². The van der Waals surface area contributed by atoms with Crippen LogP contribution in [0, 0.1) is 23.2 Å². The molecule has 7 nitrogen and oxygen atoms in total. The fraction of sp³-hybridized carbons (Fsp3) is 0.517. The Labute approximate surface area is 213 Å². The number of furan rings is 1. The highest BCUT2D eigenvalue weighted by atomic mass is 16.5. The van der Waals surface area contributed by atoms with Gasteiger partial charge in [0.05, 0.1) is 18.6 Å². The zero-order valence-corrected chi connectivity index (χ0v) is 21.4. The summed E-state index contributed by atoms with van der Waals surface area (Å²) in [5, 5.41) is 6.40. The minimum atomic E-state index is -0.405. The number of rotatable bonds is 8. The molecule has 1 aromatic carbocycles. The maximum absolute atomic E-state index is 13.1. The van der Waals surface area contributed by atoms with Crippen LogP contribution in [-0.2, 0) is 22.7 Å². The quantitative estimate of drug-likeness (QED) is 0.516. The topological polar surface area (TPSA) is 83.8 Å². The second kappa shape index (κ2) is 10.0. The molecule has 0 saturated heterocycles. The molecule has 5 rings (SSSR count). The van der Waals surface area contributed by atoms with Crippen LogP contribution in [0.4, 0.5) is 4.79 Å². The number of nitrogens with zero attached hydrogens (tertiary/aromatic N) is 1. The zero-order valence-electron chi connectivity index (χ0n) is 21.4. The van der Waals surface area contributed by atoms with Gasteiger partial charge < -0.3 is 24.7 Å². The second-order valence-corrected chi connectivity index (χ2v) is 11.2. The third kappa shape index (κ3) is 4.88. The summed E-state index contributed by atoms with van der Waals surface area (Å²) in [7, 11) is 0. The molecule has 0 radical (unpaired) electrons. The average molecular weight is 492 g/mol. The Morgan fingerprint density at radius 3 is 2.67 bits per heavy atom. The molecule has 2 aliphatic carbocycles. The highest BCUT2D eigenvalue weighted by Gasteiger charge is 2.57. The van der Waals surface area contributed by atoms with E-state index in [1.54, 1.807) is 18.6 Å². The van der Waals surface area contributed by atoms with Crippen LogP contribution in [0.2, 0.25) is 0 Å². The molecule has 0 spiro atoms. The number of nitrogens with one attached hydrogen (secondary N) is 2. The van der Waals surface area contributed by atoms with Gasteiger partial charge in [-0.3, -0.25) is 0 Å². The summed E-state index contributed by atoms with van der Waals surface area (Å²) in [6.45, 7) is 8.18. The summed E-state index contributed by atoms with van der Waals surface area (Å²) in [5.41, 5.74) is 2.51. The number of benzene rings is 1. The Morgan fingerprint density at radius 1 is 1.17 bits per heavy atom. The van der Waals surface area contributed by atoms with Gasteiger partial charge in [0, 0.05) is 24.7 Å². The molecule has 36 heavy (non-hydrogen) atoms. The summed E-state index contributed by atoms with van der Waals surface area (Å²) in [4.78, 5) is 28.0. The van der Waals surface area contributed by atoms with Crippen LogP contribution < -0.4 is 10.6 Å². The zero-order chi connectivity index (χ0) is 25.3. The highest BCUT2D eigenvalue weighted by Crippen LogP contribution is 2.60. The lowest BCUT2D eigenvalue weighted by Crippen LogP contribution is -2.51. The number of fused-ring (bicyclic) bond motifs is 2. The maximum atomic E-state index is 13.1. The number of ether oxygens (including phenoxy) is 1. The number of carbonyl (C=O) groups excluding carboxylic acids is 2. The van der Waals surface area contributed by atoms with Gasteiger partial charge in [-0.05, 0) is 60.1 Å². The van der Waals surface area contributed by atoms with Gasteiger partial charge >= 0.3 is 12.0 Å². The van der Waals surface area contributed by atoms with Crippen LogP contribution in [0.1, 0.15) is 51.2 Å². The van der Waals surface area contributed by atoms with Crippen LogP contribution in [0.15, 0.2) is 65.1 Å². The lowest BCUT2D eigenvalue weighted by Gasteiger charge is -2.36. The minimum Gasteiger partial charge on any atom is -0.472 e. The van der Waals surface area contributed by atoms with Gasteiger partial charge in [-0.15, -0.1) is 0 Å². The molecule has 2 saturated carbocycles. The maximum Gasteiger partial charge on any atom is 0.354 e. The summed E-state index contributed by atoms with van der Waals surface area (Å²) in [5.74, 6) is 1.58. The van der Waals surface area contributed by atoms with E-state index >= 15 is 0 Å². The van der Waals surface area contributed by atoms with Gasteiger partial charge in [0.1, 0.15) is 12.3 Å². The summed E-state index contributed by atoms with van der Waals surface area (Å²) < 4.78 is 10.6. The largest absolute Gasteiger partial charge is 0.472 e. The van der Waals surface area contributed by atoms with E-state index in [4.69, 9.17) is 9.15 Å². The normalized spacial score (nSPS) is 28.9. The van der Waals surface area contributed by atoms with Crippen molar-refractivity contribution in [2.45, 2.75) is 65.3 Å². The average Bonchev–Trinajstić information content (AvgIpc) is 3.61. The molecule has 2 aromatic rings. The summed E-state index contributed by atoms with van der Waals surface area (Å²) in [6.07, 6.45) is 8.43. The predicted molar refractivity (Wildman–Crippen MR) is 136 cm³/mol. The Morgan fingerprint density at radius 2 is 1.97 bits per heavy atom. The van der Waals surface area contributed by atoms with Crippen molar-refractivity contribution in [3.8, 4) is 0 Å².